The Morgan fingerprint density at radius 3 is 2.41 bits per heavy atom. The van der Waals surface area contributed by atoms with E-state index in [2.05, 4.69) is 27.1 Å². The van der Waals surface area contributed by atoms with Crippen LogP contribution in [0.1, 0.15) is 27.3 Å². The minimum absolute atomic E-state index is 0.678. The molecule has 4 aromatic rings. The number of pyridine rings is 1. The highest BCUT2D eigenvalue weighted by Gasteiger charge is 2.14. The molecule has 0 fully saturated rings. The molecule has 0 N–H and O–H groups in total. The molecule has 6 heteroatoms. The summed E-state index contributed by atoms with van der Waals surface area (Å²) in [5.74, 6) is 0.768. The first-order chi connectivity index (χ1) is 14.1. The number of nitrogens with zero attached hydrogens (tertiary/aromatic N) is 3. The third kappa shape index (κ3) is 4.60. The van der Waals surface area contributed by atoms with Gasteiger partial charge in [-0.3, -0.25) is 9.78 Å². The zero-order chi connectivity index (χ0) is 20.2. The number of benzene rings is 1. The van der Waals surface area contributed by atoms with Crippen LogP contribution in [-0.2, 0) is 5.75 Å². The number of aromatic nitrogens is 3. The van der Waals surface area contributed by atoms with Crippen molar-refractivity contribution >= 4 is 29.4 Å². The van der Waals surface area contributed by atoms with Crippen molar-refractivity contribution < 1.29 is 4.79 Å². The van der Waals surface area contributed by atoms with Crippen molar-refractivity contribution in [3.63, 3.8) is 0 Å². The summed E-state index contributed by atoms with van der Waals surface area (Å²) < 4.78 is 0. The monoisotopic (exact) mass is 417 g/mol. The first kappa shape index (κ1) is 19.5. The zero-order valence-corrected chi connectivity index (χ0v) is 17.8. The first-order valence-electron chi connectivity index (χ1n) is 9.16. The quantitative estimate of drug-likeness (QED) is 0.219. The van der Waals surface area contributed by atoms with E-state index in [0.29, 0.717) is 5.56 Å². The molecule has 0 amide bonds. The van der Waals surface area contributed by atoms with E-state index >= 15 is 0 Å². The molecule has 0 radical (unpaired) electrons. The molecule has 0 bridgehead atoms. The van der Waals surface area contributed by atoms with E-state index in [4.69, 9.17) is 0 Å². The van der Waals surface area contributed by atoms with Crippen LogP contribution in [0.15, 0.2) is 66.1 Å². The van der Waals surface area contributed by atoms with Gasteiger partial charge in [-0.15, -0.1) is 11.3 Å². The SMILES string of the molecule is Cc1cc(C)nc(SCc2cc(-c3cccnc3)sc2-c2ccc(C=O)cc2)n1. The summed E-state index contributed by atoms with van der Waals surface area (Å²) in [6, 6.07) is 15.9. The Morgan fingerprint density at radius 1 is 1.00 bits per heavy atom. The van der Waals surface area contributed by atoms with E-state index in [9.17, 15) is 4.79 Å². The Bertz CT molecular complexity index is 1120. The van der Waals surface area contributed by atoms with Crippen LogP contribution in [0, 0.1) is 13.8 Å². The predicted octanol–water partition coefficient (Wildman–Crippen LogP) is 5.99. The number of carbonyl (C=O) groups excluding carboxylic acids is 1. The van der Waals surface area contributed by atoms with E-state index in [0.717, 1.165) is 39.7 Å². The Labute approximate surface area is 178 Å². The molecule has 0 aliphatic rings. The van der Waals surface area contributed by atoms with Gasteiger partial charge in [-0.05, 0) is 43.2 Å². The van der Waals surface area contributed by atoms with E-state index < -0.39 is 0 Å². The minimum atomic E-state index is 0.678. The fraction of sp³-hybridized carbons (Fsp3) is 0.130. The van der Waals surface area contributed by atoms with Crippen molar-refractivity contribution in [2.24, 2.45) is 0 Å². The number of thiophene rings is 1. The first-order valence-corrected chi connectivity index (χ1v) is 11.0. The van der Waals surface area contributed by atoms with Crippen molar-refractivity contribution in [3.05, 3.63) is 83.4 Å². The molecule has 0 saturated heterocycles. The summed E-state index contributed by atoms with van der Waals surface area (Å²) in [4.78, 5) is 26.7. The fourth-order valence-corrected chi connectivity index (χ4v) is 5.24. The summed E-state index contributed by atoms with van der Waals surface area (Å²) >= 11 is 3.38. The largest absolute Gasteiger partial charge is 0.298 e. The number of aldehydes is 1. The van der Waals surface area contributed by atoms with Gasteiger partial charge in [0.05, 0.1) is 0 Å². The average molecular weight is 418 g/mol. The van der Waals surface area contributed by atoms with Gasteiger partial charge in [-0.1, -0.05) is 42.1 Å². The maximum absolute atomic E-state index is 11.0. The second-order valence-corrected chi connectivity index (χ2v) is 8.66. The second-order valence-electron chi connectivity index (χ2n) is 6.67. The summed E-state index contributed by atoms with van der Waals surface area (Å²) in [6.07, 6.45) is 4.53. The van der Waals surface area contributed by atoms with E-state index in [1.54, 1.807) is 29.3 Å². The number of carbonyl (C=O) groups is 1. The second kappa shape index (κ2) is 8.68. The molecule has 0 aliphatic carbocycles. The van der Waals surface area contributed by atoms with Crippen LogP contribution in [0.25, 0.3) is 20.9 Å². The Kier molecular flexibility index (Phi) is 5.83. The molecule has 4 rings (SSSR count). The van der Waals surface area contributed by atoms with Gasteiger partial charge in [0, 0.05) is 50.4 Å². The molecule has 144 valence electrons. The maximum atomic E-state index is 11.0. The number of hydrogen-bond acceptors (Lipinski definition) is 6. The van der Waals surface area contributed by atoms with E-state index in [1.807, 2.05) is 56.4 Å². The molecule has 0 spiro atoms. The third-order valence-electron chi connectivity index (χ3n) is 4.38. The number of rotatable bonds is 6. The standard InChI is InChI=1S/C23H19N3OS2/c1-15-10-16(2)26-23(25-15)28-14-20-11-21(19-4-3-9-24-12-19)29-22(20)18-7-5-17(13-27)6-8-18/h3-13H,14H2,1-2H3. The zero-order valence-electron chi connectivity index (χ0n) is 16.1. The highest BCUT2D eigenvalue weighted by Crippen LogP contribution is 2.40. The molecule has 0 atom stereocenters. The van der Waals surface area contributed by atoms with Crippen molar-refractivity contribution in [1.29, 1.82) is 0 Å². The van der Waals surface area contributed by atoms with Gasteiger partial charge >= 0.3 is 0 Å². The van der Waals surface area contributed by atoms with Crippen LogP contribution < -0.4 is 0 Å². The maximum Gasteiger partial charge on any atom is 0.188 e. The van der Waals surface area contributed by atoms with E-state index in [-0.39, 0.29) is 0 Å². The van der Waals surface area contributed by atoms with Crippen LogP contribution in [-0.4, -0.2) is 21.2 Å². The van der Waals surface area contributed by atoms with Crippen LogP contribution >= 0.6 is 23.1 Å². The number of thioether (sulfide) groups is 1. The lowest BCUT2D eigenvalue weighted by molar-refractivity contribution is 0.112. The lowest BCUT2D eigenvalue weighted by atomic mass is 10.1. The summed E-state index contributed by atoms with van der Waals surface area (Å²) in [5.41, 5.74) is 6.06. The van der Waals surface area contributed by atoms with Gasteiger partial charge in [0.15, 0.2) is 5.16 Å². The molecule has 3 aromatic heterocycles. The molecule has 0 unspecified atom stereocenters. The molecular weight excluding hydrogens is 398 g/mol. The molecule has 0 aliphatic heterocycles. The Morgan fingerprint density at radius 2 is 1.76 bits per heavy atom. The molecular formula is C23H19N3OS2. The Hall–Kier alpha value is -2.83. The van der Waals surface area contributed by atoms with Crippen LogP contribution in [0.3, 0.4) is 0 Å². The summed E-state index contributed by atoms with van der Waals surface area (Å²) in [7, 11) is 0. The van der Waals surface area contributed by atoms with Gasteiger partial charge in [0.2, 0.25) is 0 Å². The molecule has 3 heterocycles. The highest BCUT2D eigenvalue weighted by molar-refractivity contribution is 7.98. The van der Waals surface area contributed by atoms with Gasteiger partial charge in [-0.25, -0.2) is 9.97 Å². The van der Waals surface area contributed by atoms with E-state index in [1.165, 1.54) is 15.3 Å². The molecule has 0 saturated carbocycles. The Balaban J connectivity index is 1.69. The predicted molar refractivity (Wildman–Crippen MR) is 119 cm³/mol. The topological polar surface area (TPSA) is 55.7 Å². The number of aryl methyl sites for hydroxylation is 2. The lowest BCUT2D eigenvalue weighted by Gasteiger charge is -2.05. The number of hydrogen-bond donors (Lipinski definition) is 0. The van der Waals surface area contributed by atoms with Gasteiger partial charge in [-0.2, -0.15) is 0 Å². The lowest BCUT2D eigenvalue weighted by Crippen LogP contribution is -1.93. The highest BCUT2D eigenvalue weighted by atomic mass is 32.2. The summed E-state index contributed by atoms with van der Waals surface area (Å²) in [6.45, 7) is 3.98. The third-order valence-corrected chi connectivity index (χ3v) is 6.55. The van der Waals surface area contributed by atoms with Crippen LogP contribution in [0.2, 0.25) is 0 Å². The molecule has 1 aromatic carbocycles. The van der Waals surface area contributed by atoms with Gasteiger partial charge < -0.3 is 0 Å². The smallest absolute Gasteiger partial charge is 0.188 e. The van der Waals surface area contributed by atoms with Crippen molar-refractivity contribution in [3.8, 4) is 20.9 Å². The normalized spacial score (nSPS) is 10.8. The van der Waals surface area contributed by atoms with Gasteiger partial charge in [0.1, 0.15) is 6.29 Å². The van der Waals surface area contributed by atoms with Crippen molar-refractivity contribution in [2.45, 2.75) is 24.8 Å². The summed E-state index contributed by atoms with van der Waals surface area (Å²) in [5, 5.41) is 0.791. The average Bonchev–Trinajstić information content (AvgIpc) is 3.17. The van der Waals surface area contributed by atoms with Crippen LogP contribution in [0.5, 0.6) is 0 Å². The molecule has 4 nitrogen and oxygen atoms in total. The van der Waals surface area contributed by atoms with Crippen LogP contribution in [0.4, 0.5) is 0 Å². The van der Waals surface area contributed by atoms with Gasteiger partial charge in [0.25, 0.3) is 0 Å². The van der Waals surface area contributed by atoms with Crippen molar-refractivity contribution in [1.82, 2.24) is 15.0 Å². The minimum Gasteiger partial charge on any atom is -0.298 e. The van der Waals surface area contributed by atoms with Crippen molar-refractivity contribution in [2.75, 3.05) is 0 Å². The fourth-order valence-electron chi connectivity index (χ4n) is 3.04. The molecule has 29 heavy (non-hydrogen) atoms.